The first-order chi connectivity index (χ1) is 9.76. The van der Waals surface area contributed by atoms with Crippen molar-refractivity contribution in [3.05, 3.63) is 53.7 Å². The molecule has 0 fully saturated rings. The summed E-state index contributed by atoms with van der Waals surface area (Å²) in [5.74, 6) is 6.72. The molecule has 1 aliphatic heterocycles. The topological polar surface area (TPSA) is 54.2 Å². The molecule has 4 heteroatoms. The summed E-state index contributed by atoms with van der Waals surface area (Å²) in [7, 11) is 0. The highest BCUT2D eigenvalue weighted by Crippen LogP contribution is 2.30. The lowest BCUT2D eigenvalue weighted by Gasteiger charge is -2.34. The van der Waals surface area contributed by atoms with Crippen molar-refractivity contribution in [2.45, 2.75) is 19.9 Å². The summed E-state index contributed by atoms with van der Waals surface area (Å²) in [5, 5.41) is 0. The Morgan fingerprint density at radius 1 is 1.30 bits per heavy atom. The van der Waals surface area contributed by atoms with Gasteiger partial charge in [-0.1, -0.05) is 31.2 Å². The third-order valence-corrected chi connectivity index (χ3v) is 3.78. The number of fused-ring (bicyclic) bond motifs is 1. The molecule has 4 nitrogen and oxygen atoms in total. The minimum atomic E-state index is 0.683. The molecule has 20 heavy (non-hydrogen) atoms. The molecule has 0 spiro atoms. The molecule has 3 rings (SSSR count). The van der Waals surface area contributed by atoms with E-state index in [-0.39, 0.29) is 0 Å². The Kier molecular flexibility index (Phi) is 3.56. The van der Waals surface area contributed by atoms with Crippen LogP contribution in [0.15, 0.2) is 42.6 Å². The average Bonchev–Trinajstić information content (AvgIpc) is 2.48. The molecule has 0 saturated heterocycles. The number of nitrogens with two attached hydrogens (primary N) is 1. The van der Waals surface area contributed by atoms with Crippen molar-refractivity contribution in [3.63, 3.8) is 0 Å². The highest BCUT2D eigenvalue weighted by molar-refractivity contribution is 5.56. The van der Waals surface area contributed by atoms with Gasteiger partial charge in [0.2, 0.25) is 0 Å². The number of hydrazine groups is 1. The predicted octanol–water partition coefficient (Wildman–Crippen LogP) is 2.57. The number of nitrogens with zero attached hydrogens (tertiary/aromatic N) is 2. The van der Waals surface area contributed by atoms with Crippen LogP contribution in [0.4, 0.5) is 11.5 Å². The van der Waals surface area contributed by atoms with Gasteiger partial charge in [0.25, 0.3) is 0 Å². The fraction of sp³-hybridized carbons (Fsp3) is 0.312. The van der Waals surface area contributed by atoms with Gasteiger partial charge in [-0.25, -0.2) is 10.8 Å². The summed E-state index contributed by atoms with van der Waals surface area (Å²) >= 11 is 0. The van der Waals surface area contributed by atoms with E-state index in [9.17, 15) is 0 Å². The van der Waals surface area contributed by atoms with Crippen LogP contribution in [0.5, 0.6) is 0 Å². The third-order valence-electron chi connectivity index (χ3n) is 3.78. The van der Waals surface area contributed by atoms with Gasteiger partial charge in [0.15, 0.2) is 0 Å². The molecular weight excluding hydrogens is 248 g/mol. The number of para-hydroxylation sites is 1. The summed E-state index contributed by atoms with van der Waals surface area (Å²) in [6.07, 6.45) is 3.05. The molecule has 1 aromatic carbocycles. The fourth-order valence-corrected chi connectivity index (χ4v) is 2.88. The van der Waals surface area contributed by atoms with Crippen molar-refractivity contribution >= 4 is 11.5 Å². The molecule has 104 valence electrons. The van der Waals surface area contributed by atoms with Gasteiger partial charge in [-0.05, 0) is 35.6 Å². The van der Waals surface area contributed by atoms with Crippen LogP contribution in [0.25, 0.3) is 0 Å². The maximum absolute atomic E-state index is 5.34. The summed E-state index contributed by atoms with van der Waals surface area (Å²) in [6.45, 7) is 4.29. The molecule has 1 unspecified atom stereocenters. The Morgan fingerprint density at radius 3 is 2.90 bits per heavy atom. The fourth-order valence-electron chi connectivity index (χ4n) is 2.88. The summed E-state index contributed by atoms with van der Waals surface area (Å²) in [6, 6.07) is 12.7. The maximum Gasteiger partial charge on any atom is 0.139 e. The van der Waals surface area contributed by atoms with Crippen LogP contribution in [0.1, 0.15) is 18.1 Å². The number of rotatable bonds is 3. The minimum Gasteiger partial charge on any atom is -0.367 e. The average molecular weight is 268 g/mol. The Labute approximate surface area is 119 Å². The Hall–Kier alpha value is -2.07. The molecule has 2 heterocycles. The number of nitrogen functional groups attached to an aromatic ring is 1. The van der Waals surface area contributed by atoms with Gasteiger partial charge in [-0.15, -0.1) is 0 Å². The van der Waals surface area contributed by atoms with Gasteiger partial charge in [0, 0.05) is 25.0 Å². The zero-order chi connectivity index (χ0) is 13.9. The van der Waals surface area contributed by atoms with E-state index in [0.29, 0.717) is 11.7 Å². The zero-order valence-electron chi connectivity index (χ0n) is 11.7. The normalized spacial score (nSPS) is 17.7. The van der Waals surface area contributed by atoms with Crippen LogP contribution in [-0.4, -0.2) is 11.5 Å². The minimum absolute atomic E-state index is 0.683. The standard InChI is InChI=1S/C16H20N4/c1-12-8-14-4-2-3-5-15(14)20(10-12)11-13-6-7-16(19-17)18-9-13/h2-7,9,12H,8,10-11,17H2,1H3,(H,18,19). The van der Waals surface area contributed by atoms with E-state index >= 15 is 0 Å². The molecule has 1 atom stereocenters. The van der Waals surface area contributed by atoms with E-state index in [2.05, 4.69) is 52.6 Å². The van der Waals surface area contributed by atoms with E-state index < -0.39 is 0 Å². The van der Waals surface area contributed by atoms with E-state index in [4.69, 9.17) is 5.84 Å². The van der Waals surface area contributed by atoms with Gasteiger partial charge in [0.05, 0.1) is 0 Å². The van der Waals surface area contributed by atoms with E-state index in [0.717, 1.165) is 13.1 Å². The largest absolute Gasteiger partial charge is 0.367 e. The highest BCUT2D eigenvalue weighted by atomic mass is 15.2. The molecule has 3 N–H and O–H groups in total. The first-order valence-corrected chi connectivity index (χ1v) is 7.00. The zero-order valence-corrected chi connectivity index (χ0v) is 11.7. The number of anilines is 2. The first kappa shape index (κ1) is 12.9. The van der Waals surface area contributed by atoms with Crippen LogP contribution in [0.3, 0.4) is 0 Å². The molecule has 0 bridgehead atoms. The van der Waals surface area contributed by atoms with Crippen molar-refractivity contribution < 1.29 is 0 Å². The lowest BCUT2D eigenvalue weighted by atomic mass is 9.93. The molecule has 1 aromatic heterocycles. The number of aromatic nitrogens is 1. The SMILES string of the molecule is CC1Cc2ccccc2N(Cc2ccc(NN)nc2)C1. The monoisotopic (exact) mass is 268 g/mol. The smallest absolute Gasteiger partial charge is 0.139 e. The second kappa shape index (κ2) is 5.51. The second-order valence-electron chi connectivity index (χ2n) is 5.51. The summed E-state index contributed by atoms with van der Waals surface area (Å²) < 4.78 is 0. The molecular formula is C16H20N4. The Bertz CT molecular complexity index is 579. The van der Waals surface area contributed by atoms with Gasteiger partial charge in [-0.3, -0.25) is 0 Å². The van der Waals surface area contributed by atoms with Gasteiger partial charge in [0.1, 0.15) is 5.82 Å². The van der Waals surface area contributed by atoms with Crippen molar-refractivity contribution in [1.29, 1.82) is 0 Å². The van der Waals surface area contributed by atoms with Crippen molar-refractivity contribution in [2.24, 2.45) is 11.8 Å². The van der Waals surface area contributed by atoms with Crippen molar-refractivity contribution in [1.82, 2.24) is 4.98 Å². The van der Waals surface area contributed by atoms with E-state index in [1.165, 1.54) is 23.2 Å². The predicted molar refractivity (Wildman–Crippen MR) is 82.4 cm³/mol. The Morgan fingerprint density at radius 2 is 2.15 bits per heavy atom. The van der Waals surface area contributed by atoms with Crippen molar-refractivity contribution in [2.75, 3.05) is 16.9 Å². The first-order valence-electron chi connectivity index (χ1n) is 7.00. The van der Waals surface area contributed by atoms with Gasteiger partial charge in [-0.2, -0.15) is 0 Å². The van der Waals surface area contributed by atoms with Crippen LogP contribution in [0.2, 0.25) is 0 Å². The van der Waals surface area contributed by atoms with Crippen molar-refractivity contribution in [3.8, 4) is 0 Å². The van der Waals surface area contributed by atoms with Crippen LogP contribution < -0.4 is 16.2 Å². The molecule has 0 amide bonds. The Balaban J connectivity index is 1.83. The molecule has 0 aliphatic carbocycles. The molecule has 0 saturated carbocycles. The summed E-state index contributed by atoms with van der Waals surface area (Å²) in [4.78, 5) is 6.72. The number of benzene rings is 1. The van der Waals surface area contributed by atoms with Crippen LogP contribution in [0, 0.1) is 5.92 Å². The molecule has 2 aromatic rings. The molecule has 0 radical (unpaired) electrons. The quantitative estimate of drug-likeness (QED) is 0.663. The van der Waals surface area contributed by atoms with Gasteiger partial charge < -0.3 is 10.3 Å². The van der Waals surface area contributed by atoms with Crippen LogP contribution >= 0.6 is 0 Å². The highest BCUT2D eigenvalue weighted by Gasteiger charge is 2.21. The number of pyridine rings is 1. The lowest BCUT2D eigenvalue weighted by molar-refractivity contribution is 0.530. The number of hydrogen-bond donors (Lipinski definition) is 2. The molecule has 1 aliphatic rings. The lowest BCUT2D eigenvalue weighted by Crippen LogP contribution is -2.33. The third kappa shape index (κ3) is 2.60. The summed E-state index contributed by atoms with van der Waals surface area (Å²) in [5.41, 5.74) is 6.55. The number of nitrogens with one attached hydrogen (secondary N) is 1. The maximum atomic E-state index is 5.34. The second-order valence-corrected chi connectivity index (χ2v) is 5.51. The van der Waals surface area contributed by atoms with E-state index in [1.54, 1.807) is 0 Å². The van der Waals surface area contributed by atoms with Gasteiger partial charge >= 0.3 is 0 Å². The number of hydrogen-bond acceptors (Lipinski definition) is 4. The van der Waals surface area contributed by atoms with E-state index in [1.807, 2.05) is 12.3 Å². The van der Waals surface area contributed by atoms with Crippen LogP contribution in [-0.2, 0) is 13.0 Å².